The van der Waals surface area contributed by atoms with Gasteiger partial charge in [-0.15, -0.1) is 0 Å². The number of halogens is 2. The summed E-state index contributed by atoms with van der Waals surface area (Å²) in [6, 6.07) is 4.26. The third-order valence-corrected chi connectivity index (χ3v) is 2.26. The van der Waals surface area contributed by atoms with Crippen LogP contribution in [-0.2, 0) is 0 Å². The highest BCUT2D eigenvalue weighted by molar-refractivity contribution is 9.10. The first-order valence-corrected chi connectivity index (χ1v) is 4.43. The minimum absolute atomic E-state index is 0.276. The molecule has 0 amide bonds. The van der Waals surface area contributed by atoms with Crippen molar-refractivity contribution < 1.29 is 4.39 Å². The second kappa shape index (κ2) is 4.25. The Hall–Kier alpha value is -1.06. The van der Waals surface area contributed by atoms with Crippen LogP contribution < -0.4 is 0 Å². The summed E-state index contributed by atoms with van der Waals surface area (Å²) in [4.78, 5) is 2.68. The zero-order valence-electron chi connectivity index (χ0n) is 6.91. The van der Waals surface area contributed by atoms with Crippen molar-refractivity contribution in [2.45, 2.75) is 13.0 Å². The van der Waals surface area contributed by atoms with E-state index < -0.39 is 0 Å². The first-order chi connectivity index (χ1) is 6.15. The van der Waals surface area contributed by atoms with Crippen molar-refractivity contribution in [3.63, 3.8) is 0 Å². The second-order valence-corrected chi connectivity index (χ2v) is 3.41. The van der Waals surface area contributed by atoms with Crippen LogP contribution in [0.1, 0.15) is 18.5 Å². The summed E-state index contributed by atoms with van der Waals surface area (Å²) in [6.45, 7) is 1.75. The van der Waals surface area contributed by atoms with Gasteiger partial charge in [0.2, 0.25) is 0 Å². The molecule has 0 N–H and O–H groups in total. The first-order valence-electron chi connectivity index (χ1n) is 3.64. The summed E-state index contributed by atoms with van der Waals surface area (Å²) >= 11 is 3.06. The molecule has 0 saturated carbocycles. The summed E-state index contributed by atoms with van der Waals surface area (Å²) in [5.41, 5.74) is 8.98. The summed E-state index contributed by atoms with van der Waals surface area (Å²) in [5.74, 6) is -0.322. The molecule has 0 aliphatic carbocycles. The smallest absolute Gasteiger partial charge is 0.137 e. The molecule has 0 fully saturated rings. The number of azide groups is 1. The third-order valence-electron chi connectivity index (χ3n) is 1.65. The molecule has 68 valence electrons. The van der Waals surface area contributed by atoms with E-state index in [4.69, 9.17) is 5.53 Å². The maximum absolute atomic E-state index is 12.8. The summed E-state index contributed by atoms with van der Waals surface area (Å²) in [7, 11) is 0. The molecule has 0 aliphatic rings. The minimum atomic E-state index is -0.322. The standard InChI is InChI=1S/C8H7BrFN3/c1-5(12-13-11)6-2-3-8(10)7(9)4-6/h2-5H,1H3/t5-/m0/s1. The SMILES string of the molecule is C[C@H](N=[N+]=[N-])c1ccc(F)c(Br)c1. The molecule has 3 nitrogen and oxygen atoms in total. The lowest BCUT2D eigenvalue weighted by Gasteiger charge is -2.05. The monoisotopic (exact) mass is 243 g/mol. The predicted molar refractivity (Wildman–Crippen MR) is 51.7 cm³/mol. The highest BCUT2D eigenvalue weighted by Crippen LogP contribution is 2.23. The van der Waals surface area contributed by atoms with E-state index in [9.17, 15) is 4.39 Å². The highest BCUT2D eigenvalue weighted by atomic mass is 79.9. The molecular weight excluding hydrogens is 237 g/mol. The van der Waals surface area contributed by atoms with Crippen LogP contribution in [0.25, 0.3) is 10.4 Å². The van der Waals surface area contributed by atoms with Crippen molar-refractivity contribution in [3.8, 4) is 0 Å². The van der Waals surface area contributed by atoms with Crippen LogP contribution >= 0.6 is 15.9 Å². The number of nitrogens with zero attached hydrogens (tertiary/aromatic N) is 3. The third kappa shape index (κ3) is 2.44. The number of benzene rings is 1. The van der Waals surface area contributed by atoms with Gasteiger partial charge >= 0.3 is 0 Å². The van der Waals surface area contributed by atoms with Gasteiger partial charge in [-0.25, -0.2) is 4.39 Å². The Bertz CT molecular complexity index is 360. The molecule has 0 radical (unpaired) electrons. The topological polar surface area (TPSA) is 48.8 Å². The molecular formula is C8H7BrFN3. The van der Waals surface area contributed by atoms with Crippen LogP contribution in [0, 0.1) is 5.82 Å². The van der Waals surface area contributed by atoms with Crippen molar-refractivity contribution >= 4 is 15.9 Å². The van der Waals surface area contributed by atoms with Gasteiger partial charge in [-0.1, -0.05) is 18.1 Å². The normalized spacial score (nSPS) is 11.9. The second-order valence-electron chi connectivity index (χ2n) is 2.55. The Morgan fingerprint density at radius 2 is 2.31 bits per heavy atom. The number of hydrogen-bond acceptors (Lipinski definition) is 1. The fraction of sp³-hybridized carbons (Fsp3) is 0.250. The minimum Gasteiger partial charge on any atom is -0.206 e. The molecule has 0 spiro atoms. The quantitative estimate of drug-likeness (QED) is 0.429. The van der Waals surface area contributed by atoms with Crippen LogP contribution in [0.15, 0.2) is 27.8 Å². The zero-order chi connectivity index (χ0) is 9.84. The number of hydrogen-bond donors (Lipinski definition) is 0. The first kappa shape index (κ1) is 10.0. The molecule has 1 aromatic carbocycles. The van der Waals surface area contributed by atoms with Gasteiger partial charge < -0.3 is 0 Å². The maximum Gasteiger partial charge on any atom is 0.137 e. The molecule has 0 unspecified atom stereocenters. The molecule has 1 aromatic rings. The van der Waals surface area contributed by atoms with E-state index in [1.54, 1.807) is 19.1 Å². The van der Waals surface area contributed by atoms with E-state index in [0.717, 1.165) is 5.56 Å². The van der Waals surface area contributed by atoms with Crippen LogP contribution in [0.2, 0.25) is 0 Å². The molecule has 5 heteroatoms. The zero-order valence-corrected chi connectivity index (χ0v) is 8.49. The van der Waals surface area contributed by atoms with Crippen molar-refractivity contribution in [3.05, 3.63) is 44.5 Å². The Morgan fingerprint density at radius 1 is 1.62 bits per heavy atom. The molecule has 0 heterocycles. The van der Waals surface area contributed by atoms with Crippen LogP contribution in [0.3, 0.4) is 0 Å². The lowest BCUT2D eigenvalue weighted by molar-refractivity contribution is 0.619. The summed E-state index contributed by atoms with van der Waals surface area (Å²) < 4.78 is 13.2. The van der Waals surface area contributed by atoms with Gasteiger partial charge in [-0.3, -0.25) is 0 Å². The van der Waals surface area contributed by atoms with Crippen LogP contribution in [0.5, 0.6) is 0 Å². The Morgan fingerprint density at radius 3 is 2.85 bits per heavy atom. The molecule has 13 heavy (non-hydrogen) atoms. The van der Waals surface area contributed by atoms with E-state index in [-0.39, 0.29) is 11.9 Å². The largest absolute Gasteiger partial charge is 0.206 e. The average molecular weight is 244 g/mol. The molecule has 1 atom stereocenters. The van der Waals surface area contributed by atoms with Crippen LogP contribution in [-0.4, -0.2) is 0 Å². The van der Waals surface area contributed by atoms with Crippen molar-refractivity contribution in [1.82, 2.24) is 0 Å². The fourth-order valence-electron chi connectivity index (χ4n) is 0.916. The average Bonchev–Trinajstić information content (AvgIpc) is 2.10. The summed E-state index contributed by atoms with van der Waals surface area (Å²) in [5, 5.41) is 3.50. The van der Waals surface area contributed by atoms with Gasteiger partial charge in [-0.2, -0.15) is 0 Å². The Kier molecular flexibility index (Phi) is 3.28. The van der Waals surface area contributed by atoms with Gasteiger partial charge in [0.05, 0.1) is 10.5 Å². The molecule has 0 aliphatic heterocycles. The Labute approximate surface area is 83.3 Å². The van der Waals surface area contributed by atoms with Crippen LogP contribution in [0.4, 0.5) is 4.39 Å². The fourth-order valence-corrected chi connectivity index (χ4v) is 1.31. The van der Waals surface area contributed by atoms with Crippen molar-refractivity contribution in [2.75, 3.05) is 0 Å². The van der Waals surface area contributed by atoms with Crippen molar-refractivity contribution in [1.29, 1.82) is 0 Å². The lowest BCUT2D eigenvalue weighted by Crippen LogP contribution is -1.89. The summed E-state index contributed by atoms with van der Waals surface area (Å²) in [6.07, 6.45) is 0. The van der Waals surface area contributed by atoms with E-state index in [2.05, 4.69) is 26.0 Å². The van der Waals surface area contributed by atoms with E-state index in [0.29, 0.717) is 4.47 Å². The highest BCUT2D eigenvalue weighted by Gasteiger charge is 2.05. The van der Waals surface area contributed by atoms with Gasteiger partial charge in [0.1, 0.15) is 5.82 Å². The van der Waals surface area contributed by atoms with Gasteiger partial charge in [-0.05, 0) is 39.2 Å². The molecule has 0 saturated heterocycles. The molecule has 1 rings (SSSR count). The Balaban J connectivity index is 3.03. The van der Waals surface area contributed by atoms with E-state index in [1.165, 1.54) is 6.07 Å². The number of rotatable bonds is 2. The van der Waals surface area contributed by atoms with E-state index in [1.807, 2.05) is 0 Å². The molecule has 0 aromatic heterocycles. The molecule has 0 bridgehead atoms. The van der Waals surface area contributed by atoms with E-state index >= 15 is 0 Å². The van der Waals surface area contributed by atoms with Gasteiger partial charge in [0, 0.05) is 4.91 Å². The van der Waals surface area contributed by atoms with Gasteiger partial charge in [0.15, 0.2) is 0 Å². The lowest BCUT2D eigenvalue weighted by atomic mass is 10.1. The predicted octanol–water partition coefficient (Wildman–Crippen LogP) is 3.96. The van der Waals surface area contributed by atoms with Gasteiger partial charge in [0.25, 0.3) is 0 Å². The maximum atomic E-state index is 12.8. The van der Waals surface area contributed by atoms with Crippen molar-refractivity contribution in [2.24, 2.45) is 5.11 Å².